The van der Waals surface area contributed by atoms with E-state index >= 15 is 0 Å². The van der Waals surface area contributed by atoms with Crippen molar-refractivity contribution in [1.29, 1.82) is 5.41 Å². The highest BCUT2D eigenvalue weighted by molar-refractivity contribution is 5.83. The number of hydrogen-bond donors (Lipinski definition) is 2. The third kappa shape index (κ3) is 2.63. The molecule has 3 N–H and O–H groups in total. The lowest BCUT2D eigenvalue weighted by Crippen LogP contribution is -2.44. The highest BCUT2D eigenvalue weighted by Crippen LogP contribution is 2.30. The number of aromatic nitrogens is 3. The molecule has 6 nitrogen and oxygen atoms in total. The number of rotatable bonds is 3. The Balaban J connectivity index is 1.89. The van der Waals surface area contributed by atoms with Gasteiger partial charge in [0.1, 0.15) is 0 Å². The van der Waals surface area contributed by atoms with Crippen LogP contribution >= 0.6 is 0 Å². The number of aryl methyl sites for hydroxylation is 1. The molecule has 17 heavy (non-hydrogen) atoms. The van der Waals surface area contributed by atoms with Gasteiger partial charge in [-0.1, -0.05) is 12.1 Å². The van der Waals surface area contributed by atoms with Crippen LogP contribution in [-0.4, -0.2) is 38.8 Å². The predicted molar refractivity (Wildman–Crippen MR) is 65.5 cm³/mol. The fraction of sp³-hybridized carbons (Fsp3) is 0.727. The van der Waals surface area contributed by atoms with E-state index in [1.807, 2.05) is 13.2 Å². The molecule has 0 bridgehead atoms. The van der Waals surface area contributed by atoms with Crippen molar-refractivity contribution in [3.05, 3.63) is 11.9 Å². The maximum atomic E-state index is 7.61. The largest absolute Gasteiger partial charge is 0.387 e. The molecular formula is C11H20N6. The maximum Gasteiger partial charge on any atom is 0.0966 e. The first-order chi connectivity index (χ1) is 7.99. The normalized spacial score (nSPS) is 20.4. The quantitative estimate of drug-likeness (QED) is 0.586. The van der Waals surface area contributed by atoms with E-state index in [1.165, 1.54) is 0 Å². The first kappa shape index (κ1) is 12.0. The molecule has 1 aliphatic heterocycles. The summed E-state index contributed by atoms with van der Waals surface area (Å²) in [5.74, 6) is 0.316. The van der Waals surface area contributed by atoms with Gasteiger partial charge in [-0.05, 0) is 25.9 Å². The molecule has 0 saturated carbocycles. The summed E-state index contributed by atoms with van der Waals surface area (Å²) in [6.07, 6.45) is 3.84. The van der Waals surface area contributed by atoms with Gasteiger partial charge in [-0.2, -0.15) is 0 Å². The summed E-state index contributed by atoms with van der Waals surface area (Å²) >= 11 is 0. The van der Waals surface area contributed by atoms with Crippen LogP contribution in [0.2, 0.25) is 0 Å². The zero-order chi connectivity index (χ0) is 12.5. The van der Waals surface area contributed by atoms with E-state index in [-0.39, 0.29) is 5.41 Å². The highest BCUT2D eigenvalue weighted by atomic mass is 15.4. The van der Waals surface area contributed by atoms with Gasteiger partial charge in [-0.15, -0.1) is 5.10 Å². The van der Waals surface area contributed by atoms with E-state index in [0.717, 1.165) is 38.2 Å². The molecule has 1 fully saturated rings. The Bertz CT molecular complexity index is 402. The molecule has 0 aliphatic carbocycles. The van der Waals surface area contributed by atoms with Gasteiger partial charge in [-0.25, -0.2) is 0 Å². The topological polar surface area (TPSA) is 83.8 Å². The lowest BCUT2D eigenvalue weighted by Gasteiger charge is -2.38. The third-order valence-corrected chi connectivity index (χ3v) is 3.65. The number of nitrogens with zero attached hydrogens (tertiary/aromatic N) is 4. The van der Waals surface area contributed by atoms with E-state index in [2.05, 4.69) is 22.1 Å². The summed E-state index contributed by atoms with van der Waals surface area (Å²) in [4.78, 5) is 2.34. The number of likely N-dealkylation sites (tertiary alicyclic amines) is 1. The summed E-state index contributed by atoms with van der Waals surface area (Å²) < 4.78 is 1.72. The SMILES string of the molecule is Cn1cc(CN2CCC(C)(C(=N)N)CC2)nn1. The minimum Gasteiger partial charge on any atom is -0.387 e. The zero-order valence-corrected chi connectivity index (χ0v) is 10.5. The minimum atomic E-state index is -0.112. The molecule has 0 amide bonds. The van der Waals surface area contributed by atoms with Gasteiger partial charge < -0.3 is 5.73 Å². The predicted octanol–water partition coefficient (Wildman–Crippen LogP) is 0.353. The van der Waals surface area contributed by atoms with Gasteiger partial charge >= 0.3 is 0 Å². The number of hydrogen-bond acceptors (Lipinski definition) is 4. The Labute approximate surface area is 101 Å². The Hall–Kier alpha value is -1.43. The number of nitrogens with two attached hydrogens (primary N) is 1. The van der Waals surface area contributed by atoms with Gasteiger partial charge in [0.15, 0.2) is 0 Å². The standard InChI is InChI=1S/C11H20N6/c1-11(10(12)13)3-5-17(6-4-11)8-9-7-16(2)15-14-9/h7H,3-6,8H2,1-2H3,(H3,12,13). The van der Waals surface area contributed by atoms with Gasteiger partial charge in [0.25, 0.3) is 0 Å². The van der Waals surface area contributed by atoms with Crippen molar-refractivity contribution in [3.63, 3.8) is 0 Å². The van der Waals surface area contributed by atoms with Crippen LogP contribution in [0.5, 0.6) is 0 Å². The zero-order valence-electron chi connectivity index (χ0n) is 10.5. The van der Waals surface area contributed by atoms with Gasteiger partial charge in [0.2, 0.25) is 0 Å². The van der Waals surface area contributed by atoms with Crippen LogP contribution in [0.4, 0.5) is 0 Å². The van der Waals surface area contributed by atoms with E-state index < -0.39 is 0 Å². The Kier molecular flexibility index (Phi) is 3.15. The highest BCUT2D eigenvalue weighted by Gasteiger charge is 2.32. The summed E-state index contributed by atoms with van der Waals surface area (Å²) in [7, 11) is 1.87. The van der Waals surface area contributed by atoms with Crippen LogP contribution in [0.3, 0.4) is 0 Å². The molecule has 1 aliphatic rings. The second-order valence-electron chi connectivity index (χ2n) is 5.13. The average Bonchev–Trinajstić information content (AvgIpc) is 2.67. The minimum absolute atomic E-state index is 0.112. The van der Waals surface area contributed by atoms with Crippen molar-refractivity contribution in [1.82, 2.24) is 19.9 Å². The summed E-state index contributed by atoms with van der Waals surface area (Å²) in [5.41, 5.74) is 6.53. The number of piperidine rings is 1. The van der Waals surface area contributed by atoms with Crippen molar-refractivity contribution < 1.29 is 0 Å². The molecule has 0 unspecified atom stereocenters. The third-order valence-electron chi connectivity index (χ3n) is 3.65. The fourth-order valence-corrected chi connectivity index (χ4v) is 2.17. The Morgan fingerprint density at radius 1 is 1.53 bits per heavy atom. The van der Waals surface area contributed by atoms with Crippen molar-refractivity contribution in [2.75, 3.05) is 13.1 Å². The lowest BCUT2D eigenvalue weighted by molar-refractivity contribution is 0.154. The summed E-state index contributed by atoms with van der Waals surface area (Å²) in [6, 6.07) is 0. The second-order valence-corrected chi connectivity index (χ2v) is 5.13. The monoisotopic (exact) mass is 236 g/mol. The molecule has 1 saturated heterocycles. The smallest absolute Gasteiger partial charge is 0.0966 e. The van der Waals surface area contributed by atoms with Gasteiger partial charge in [0.05, 0.1) is 11.5 Å². The van der Waals surface area contributed by atoms with Crippen LogP contribution in [0.15, 0.2) is 6.20 Å². The number of amidine groups is 1. The Morgan fingerprint density at radius 3 is 2.65 bits per heavy atom. The number of nitrogens with one attached hydrogen (secondary N) is 1. The second kappa shape index (κ2) is 4.44. The van der Waals surface area contributed by atoms with Crippen LogP contribution in [0, 0.1) is 10.8 Å². The molecular weight excluding hydrogens is 216 g/mol. The molecule has 1 aromatic heterocycles. The molecule has 94 valence electrons. The van der Waals surface area contributed by atoms with E-state index in [4.69, 9.17) is 11.1 Å². The molecule has 0 spiro atoms. The van der Waals surface area contributed by atoms with Crippen LogP contribution in [0.25, 0.3) is 0 Å². The molecule has 0 aromatic carbocycles. The van der Waals surface area contributed by atoms with Crippen molar-refractivity contribution in [3.8, 4) is 0 Å². The molecule has 0 atom stereocenters. The molecule has 1 aromatic rings. The fourth-order valence-electron chi connectivity index (χ4n) is 2.17. The van der Waals surface area contributed by atoms with Crippen molar-refractivity contribution in [2.45, 2.75) is 26.3 Å². The van der Waals surface area contributed by atoms with E-state index in [1.54, 1.807) is 4.68 Å². The van der Waals surface area contributed by atoms with Gasteiger partial charge in [0, 0.05) is 25.2 Å². The van der Waals surface area contributed by atoms with Crippen LogP contribution in [0.1, 0.15) is 25.5 Å². The maximum absolute atomic E-state index is 7.61. The van der Waals surface area contributed by atoms with Crippen molar-refractivity contribution in [2.24, 2.45) is 18.2 Å². The van der Waals surface area contributed by atoms with E-state index in [0.29, 0.717) is 5.84 Å². The molecule has 2 heterocycles. The van der Waals surface area contributed by atoms with Crippen LogP contribution in [-0.2, 0) is 13.6 Å². The average molecular weight is 236 g/mol. The summed E-state index contributed by atoms with van der Waals surface area (Å²) in [6.45, 7) is 4.84. The molecule has 0 radical (unpaired) electrons. The lowest BCUT2D eigenvalue weighted by atomic mass is 9.79. The molecule has 6 heteroatoms. The van der Waals surface area contributed by atoms with E-state index in [9.17, 15) is 0 Å². The van der Waals surface area contributed by atoms with Crippen molar-refractivity contribution >= 4 is 5.84 Å². The van der Waals surface area contributed by atoms with Gasteiger partial charge in [-0.3, -0.25) is 15.0 Å². The summed E-state index contributed by atoms with van der Waals surface area (Å²) in [5, 5.41) is 15.6. The first-order valence-electron chi connectivity index (χ1n) is 5.92. The first-order valence-corrected chi connectivity index (χ1v) is 5.92. The molecule has 2 rings (SSSR count). The van der Waals surface area contributed by atoms with Crippen LogP contribution < -0.4 is 5.73 Å². The Morgan fingerprint density at radius 2 is 2.18 bits per heavy atom.